The molecule has 0 aromatic heterocycles. The zero-order valence-corrected chi connectivity index (χ0v) is 13.5. The van der Waals surface area contributed by atoms with E-state index in [1.165, 1.54) is 27.8 Å². The summed E-state index contributed by atoms with van der Waals surface area (Å²) in [6.07, 6.45) is 5.81. The van der Waals surface area contributed by atoms with Gasteiger partial charge in [0.15, 0.2) is 0 Å². The third-order valence-electron chi connectivity index (χ3n) is 5.85. The summed E-state index contributed by atoms with van der Waals surface area (Å²) in [6, 6.07) is 6.44. The van der Waals surface area contributed by atoms with E-state index in [1.54, 1.807) is 7.11 Å². The van der Waals surface area contributed by atoms with Gasteiger partial charge in [-0.1, -0.05) is 19.1 Å². The SMILES string of the molecule is COc1ccc2c(c1)C[C@H](C)C1=C2CC[C@]2(C)C(=O)CC=C12. The van der Waals surface area contributed by atoms with Crippen molar-refractivity contribution in [1.82, 2.24) is 0 Å². The van der Waals surface area contributed by atoms with Crippen LogP contribution in [0.4, 0.5) is 0 Å². The Kier molecular flexibility index (Phi) is 2.87. The van der Waals surface area contributed by atoms with Crippen molar-refractivity contribution in [3.05, 3.63) is 46.5 Å². The second kappa shape index (κ2) is 4.58. The number of ether oxygens (including phenoxy) is 1. The number of hydrogen-bond donors (Lipinski definition) is 0. The topological polar surface area (TPSA) is 26.3 Å². The number of allylic oxidation sites excluding steroid dienone is 4. The lowest BCUT2D eigenvalue weighted by atomic mass is 9.63. The largest absolute Gasteiger partial charge is 0.497 e. The molecule has 4 rings (SSSR count). The highest BCUT2D eigenvalue weighted by atomic mass is 16.5. The lowest BCUT2D eigenvalue weighted by molar-refractivity contribution is -0.124. The second-order valence-electron chi connectivity index (χ2n) is 7.10. The summed E-state index contributed by atoms with van der Waals surface area (Å²) in [5.41, 5.74) is 6.78. The molecule has 0 unspecified atom stereocenters. The standard InChI is InChI=1S/C20H22O2/c1-12-10-13-11-14(22-3)4-5-15(13)16-8-9-20(2)17(19(12)16)6-7-18(20)21/h4-6,11-12H,7-10H2,1-3H3/t12-,20-/m0/s1. The van der Waals surface area contributed by atoms with Gasteiger partial charge >= 0.3 is 0 Å². The molecule has 0 N–H and O–H groups in total. The maximum absolute atomic E-state index is 12.3. The third-order valence-corrected chi connectivity index (χ3v) is 5.85. The van der Waals surface area contributed by atoms with Gasteiger partial charge in [-0.25, -0.2) is 0 Å². The fourth-order valence-corrected chi connectivity index (χ4v) is 4.58. The monoisotopic (exact) mass is 294 g/mol. The van der Waals surface area contributed by atoms with E-state index in [4.69, 9.17) is 4.74 Å². The Labute approximate surface area is 131 Å². The molecule has 1 aromatic carbocycles. The summed E-state index contributed by atoms with van der Waals surface area (Å²) >= 11 is 0. The van der Waals surface area contributed by atoms with Gasteiger partial charge in [-0.05, 0) is 72.1 Å². The van der Waals surface area contributed by atoms with Crippen molar-refractivity contribution in [3.63, 3.8) is 0 Å². The van der Waals surface area contributed by atoms with Crippen molar-refractivity contribution >= 4 is 11.4 Å². The fourth-order valence-electron chi connectivity index (χ4n) is 4.58. The van der Waals surface area contributed by atoms with E-state index in [1.807, 2.05) is 0 Å². The first-order valence-electron chi connectivity index (χ1n) is 8.19. The van der Waals surface area contributed by atoms with Crippen LogP contribution in [-0.2, 0) is 11.2 Å². The Balaban J connectivity index is 1.89. The molecular weight excluding hydrogens is 272 g/mol. The molecule has 0 saturated carbocycles. The van der Waals surface area contributed by atoms with Crippen LogP contribution in [0.25, 0.3) is 5.57 Å². The zero-order valence-electron chi connectivity index (χ0n) is 13.5. The van der Waals surface area contributed by atoms with Gasteiger partial charge in [-0.15, -0.1) is 0 Å². The van der Waals surface area contributed by atoms with Crippen molar-refractivity contribution in [1.29, 1.82) is 0 Å². The third kappa shape index (κ3) is 1.70. The molecule has 0 amide bonds. The molecule has 2 nitrogen and oxygen atoms in total. The Morgan fingerprint density at radius 2 is 2.14 bits per heavy atom. The van der Waals surface area contributed by atoms with Gasteiger partial charge in [-0.3, -0.25) is 4.79 Å². The van der Waals surface area contributed by atoms with Crippen LogP contribution in [0.3, 0.4) is 0 Å². The molecule has 0 saturated heterocycles. The van der Waals surface area contributed by atoms with Crippen molar-refractivity contribution in [2.75, 3.05) is 7.11 Å². The Morgan fingerprint density at radius 1 is 1.32 bits per heavy atom. The smallest absolute Gasteiger partial charge is 0.146 e. The number of Topliss-reactive ketones (excluding diaryl/α,β-unsaturated/α-hetero) is 1. The van der Waals surface area contributed by atoms with Gasteiger partial charge in [0.05, 0.1) is 12.5 Å². The van der Waals surface area contributed by atoms with Crippen molar-refractivity contribution in [2.24, 2.45) is 11.3 Å². The lowest BCUT2D eigenvalue weighted by Crippen LogP contribution is -2.32. The Hall–Kier alpha value is -1.83. The van der Waals surface area contributed by atoms with E-state index in [0.717, 1.165) is 25.0 Å². The lowest BCUT2D eigenvalue weighted by Gasteiger charge is -2.40. The predicted molar refractivity (Wildman–Crippen MR) is 87.8 cm³/mol. The first-order chi connectivity index (χ1) is 10.5. The molecule has 2 atom stereocenters. The van der Waals surface area contributed by atoms with Gasteiger partial charge in [0, 0.05) is 6.42 Å². The average molecular weight is 294 g/mol. The highest BCUT2D eigenvalue weighted by molar-refractivity contribution is 5.96. The first kappa shape index (κ1) is 13.8. The van der Waals surface area contributed by atoms with Gasteiger partial charge in [-0.2, -0.15) is 0 Å². The minimum Gasteiger partial charge on any atom is -0.497 e. The van der Waals surface area contributed by atoms with Crippen molar-refractivity contribution in [2.45, 2.75) is 39.5 Å². The fraction of sp³-hybridized carbons (Fsp3) is 0.450. The Morgan fingerprint density at radius 3 is 2.91 bits per heavy atom. The van der Waals surface area contributed by atoms with Gasteiger partial charge < -0.3 is 4.74 Å². The van der Waals surface area contributed by atoms with Crippen LogP contribution >= 0.6 is 0 Å². The average Bonchev–Trinajstić information content (AvgIpc) is 2.82. The van der Waals surface area contributed by atoms with Crippen LogP contribution in [0.15, 0.2) is 35.4 Å². The van der Waals surface area contributed by atoms with Gasteiger partial charge in [0.2, 0.25) is 0 Å². The van der Waals surface area contributed by atoms with E-state index in [2.05, 4.69) is 38.1 Å². The maximum Gasteiger partial charge on any atom is 0.146 e. The highest BCUT2D eigenvalue weighted by Gasteiger charge is 2.46. The van der Waals surface area contributed by atoms with Crippen LogP contribution in [-0.4, -0.2) is 12.9 Å². The normalized spacial score (nSPS) is 29.7. The molecule has 2 heteroatoms. The number of carbonyl (C=O) groups excluding carboxylic acids is 1. The van der Waals surface area contributed by atoms with E-state index >= 15 is 0 Å². The molecule has 114 valence electrons. The molecule has 3 aliphatic carbocycles. The minimum absolute atomic E-state index is 0.225. The molecule has 0 fully saturated rings. The number of ketones is 1. The van der Waals surface area contributed by atoms with Crippen molar-refractivity contribution < 1.29 is 9.53 Å². The summed E-state index contributed by atoms with van der Waals surface area (Å²) in [7, 11) is 1.72. The molecular formula is C20H22O2. The zero-order chi connectivity index (χ0) is 15.5. The number of hydrogen-bond acceptors (Lipinski definition) is 2. The minimum atomic E-state index is -0.225. The van der Waals surface area contributed by atoms with Gasteiger partial charge in [0.25, 0.3) is 0 Å². The molecule has 0 heterocycles. The second-order valence-corrected chi connectivity index (χ2v) is 7.10. The van der Waals surface area contributed by atoms with Crippen LogP contribution < -0.4 is 4.74 Å². The van der Waals surface area contributed by atoms with E-state index in [0.29, 0.717) is 18.1 Å². The molecule has 0 radical (unpaired) electrons. The van der Waals surface area contributed by atoms with E-state index in [-0.39, 0.29) is 5.41 Å². The van der Waals surface area contributed by atoms with Crippen LogP contribution in [0, 0.1) is 11.3 Å². The molecule has 0 aliphatic heterocycles. The molecule has 22 heavy (non-hydrogen) atoms. The quantitative estimate of drug-likeness (QED) is 0.770. The maximum atomic E-state index is 12.3. The number of fused-ring (bicyclic) bond motifs is 4. The van der Waals surface area contributed by atoms with E-state index < -0.39 is 0 Å². The Bertz CT molecular complexity index is 738. The highest BCUT2D eigenvalue weighted by Crippen LogP contribution is 2.55. The van der Waals surface area contributed by atoms with Crippen LogP contribution in [0.5, 0.6) is 5.75 Å². The molecule has 3 aliphatic rings. The predicted octanol–water partition coefficient (Wildman–Crippen LogP) is 4.34. The number of benzene rings is 1. The molecule has 0 bridgehead atoms. The van der Waals surface area contributed by atoms with Gasteiger partial charge in [0.1, 0.15) is 11.5 Å². The summed E-state index contributed by atoms with van der Waals surface area (Å²) in [4.78, 5) is 12.3. The number of rotatable bonds is 1. The molecule has 0 spiro atoms. The number of methoxy groups -OCH3 is 1. The summed E-state index contributed by atoms with van der Waals surface area (Å²) in [5.74, 6) is 1.82. The van der Waals surface area contributed by atoms with Crippen LogP contribution in [0.1, 0.15) is 44.2 Å². The number of carbonyl (C=O) groups is 1. The van der Waals surface area contributed by atoms with E-state index in [9.17, 15) is 4.79 Å². The first-order valence-corrected chi connectivity index (χ1v) is 8.19. The van der Waals surface area contributed by atoms with Crippen LogP contribution in [0.2, 0.25) is 0 Å². The summed E-state index contributed by atoms with van der Waals surface area (Å²) in [5, 5.41) is 0. The summed E-state index contributed by atoms with van der Waals surface area (Å²) in [6.45, 7) is 4.45. The van der Waals surface area contributed by atoms with Crippen molar-refractivity contribution in [3.8, 4) is 5.75 Å². The summed E-state index contributed by atoms with van der Waals surface area (Å²) < 4.78 is 5.38. The molecule has 1 aromatic rings.